The summed E-state index contributed by atoms with van der Waals surface area (Å²) in [6.07, 6.45) is 0. The van der Waals surface area contributed by atoms with E-state index in [1.807, 2.05) is 45.9 Å². The van der Waals surface area contributed by atoms with Crippen LogP contribution in [-0.2, 0) is 11.3 Å². The number of nitrogens with zero attached hydrogens (tertiary/aromatic N) is 2. The zero-order valence-electron chi connectivity index (χ0n) is 18.3. The number of aryl methyl sites for hydroxylation is 1. The highest BCUT2D eigenvalue weighted by Crippen LogP contribution is 2.13. The predicted molar refractivity (Wildman–Crippen MR) is 121 cm³/mol. The van der Waals surface area contributed by atoms with E-state index in [1.54, 1.807) is 35.2 Å². The molecular weight excluding hydrogens is 392 g/mol. The zero-order valence-corrected chi connectivity index (χ0v) is 18.3. The molecule has 2 aromatic carbocycles. The monoisotopic (exact) mass is 420 g/mol. The van der Waals surface area contributed by atoms with Crippen LogP contribution in [0.5, 0.6) is 0 Å². The van der Waals surface area contributed by atoms with Crippen molar-refractivity contribution in [3.05, 3.63) is 75.8 Å². The van der Waals surface area contributed by atoms with E-state index in [4.69, 9.17) is 0 Å². The normalized spacial score (nSPS) is 12.0. The second kappa shape index (κ2) is 9.55. The van der Waals surface area contributed by atoms with Gasteiger partial charge in [0.25, 0.3) is 11.5 Å². The molecule has 0 radical (unpaired) electrons. The molecule has 162 valence electrons. The average molecular weight is 421 g/mol. The van der Waals surface area contributed by atoms with Gasteiger partial charge >= 0.3 is 0 Å². The van der Waals surface area contributed by atoms with Crippen molar-refractivity contribution < 1.29 is 9.59 Å². The molecule has 1 atom stereocenters. The Kier molecular flexibility index (Phi) is 6.84. The minimum atomic E-state index is -0.695. The number of H-pyrrole nitrogens is 1. The maximum Gasteiger partial charge on any atom is 0.258 e. The Hall–Kier alpha value is -3.48. The third-order valence-electron chi connectivity index (χ3n) is 5.30. The van der Waals surface area contributed by atoms with Crippen molar-refractivity contribution in [3.63, 3.8) is 0 Å². The number of para-hydroxylation sites is 1. The molecule has 0 aliphatic carbocycles. The van der Waals surface area contributed by atoms with E-state index < -0.39 is 6.04 Å². The minimum absolute atomic E-state index is 0.113. The first-order valence-electron chi connectivity index (χ1n) is 10.4. The highest BCUT2D eigenvalue weighted by molar-refractivity contribution is 5.98. The summed E-state index contributed by atoms with van der Waals surface area (Å²) in [5.41, 5.74) is 1.74. The molecule has 0 spiro atoms. The number of hydrogen-bond acceptors (Lipinski definition) is 4. The summed E-state index contributed by atoms with van der Waals surface area (Å²) in [6, 6.07) is 13.7. The van der Waals surface area contributed by atoms with Crippen molar-refractivity contribution in [1.82, 2.24) is 20.2 Å². The van der Waals surface area contributed by atoms with Crippen LogP contribution >= 0.6 is 0 Å². The smallest absolute Gasteiger partial charge is 0.258 e. The van der Waals surface area contributed by atoms with Gasteiger partial charge < -0.3 is 15.2 Å². The molecule has 0 saturated heterocycles. The molecule has 1 unspecified atom stereocenters. The Morgan fingerprint density at radius 2 is 1.77 bits per heavy atom. The van der Waals surface area contributed by atoms with Crippen LogP contribution in [0.15, 0.2) is 53.3 Å². The summed E-state index contributed by atoms with van der Waals surface area (Å²) in [5.74, 6) is -0.196. The Bertz CT molecular complexity index is 1150. The van der Waals surface area contributed by atoms with Crippen LogP contribution in [0.25, 0.3) is 10.9 Å². The number of carbonyl (C=O) groups is 2. The molecular formula is C24H28N4O3. The first kappa shape index (κ1) is 22.2. The second-order valence-corrected chi connectivity index (χ2v) is 7.89. The number of amides is 2. The van der Waals surface area contributed by atoms with Crippen molar-refractivity contribution in [2.75, 3.05) is 6.54 Å². The quantitative estimate of drug-likeness (QED) is 0.614. The fourth-order valence-electron chi connectivity index (χ4n) is 3.49. The van der Waals surface area contributed by atoms with E-state index in [9.17, 15) is 14.4 Å². The average Bonchev–Trinajstić information content (AvgIpc) is 2.75. The maximum atomic E-state index is 13.3. The first-order valence-corrected chi connectivity index (χ1v) is 10.4. The van der Waals surface area contributed by atoms with Crippen LogP contribution in [0.2, 0.25) is 0 Å². The Morgan fingerprint density at radius 3 is 2.45 bits per heavy atom. The van der Waals surface area contributed by atoms with E-state index in [-0.39, 0.29) is 29.8 Å². The summed E-state index contributed by atoms with van der Waals surface area (Å²) in [5, 5.41) is 3.40. The molecule has 2 N–H and O–H groups in total. The lowest BCUT2D eigenvalue weighted by Gasteiger charge is -2.29. The van der Waals surface area contributed by atoms with E-state index in [0.29, 0.717) is 28.8 Å². The number of nitrogens with one attached hydrogen (secondary N) is 2. The number of likely N-dealkylation sites (N-methyl/N-ethyl adjacent to an activating group) is 1. The molecule has 31 heavy (non-hydrogen) atoms. The fraction of sp³-hybridized carbons (Fsp3) is 0.333. The van der Waals surface area contributed by atoms with Gasteiger partial charge in [-0.15, -0.1) is 0 Å². The molecule has 7 nitrogen and oxygen atoms in total. The summed E-state index contributed by atoms with van der Waals surface area (Å²) in [7, 11) is 0. The third-order valence-corrected chi connectivity index (χ3v) is 5.30. The number of benzene rings is 2. The largest absolute Gasteiger partial charge is 0.340 e. The van der Waals surface area contributed by atoms with Crippen LogP contribution in [0.4, 0.5) is 0 Å². The second-order valence-electron chi connectivity index (χ2n) is 7.89. The number of aromatic nitrogens is 2. The van der Waals surface area contributed by atoms with E-state index in [1.165, 1.54) is 0 Å². The number of aromatic amines is 1. The van der Waals surface area contributed by atoms with Crippen LogP contribution in [-0.4, -0.2) is 39.3 Å². The van der Waals surface area contributed by atoms with Gasteiger partial charge in [-0.2, -0.15) is 0 Å². The Labute approximate surface area is 181 Å². The van der Waals surface area contributed by atoms with Crippen LogP contribution in [0.1, 0.15) is 42.5 Å². The fourth-order valence-corrected chi connectivity index (χ4v) is 3.49. The lowest BCUT2D eigenvalue weighted by Crippen LogP contribution is -2.51. The first-order chi connectivity index (χ1) is 14.8. The number of rotatable bonds is 7. The van der Waals surface area contributed by atoms with Crippen LogP contribution in [0.3, 0.4) is 0 Å². The van der Waals surface area contributed by atoms with Gasteiger partial charge in [0.1, 0.15) is 11.9 Å². The third kappa shape index (κ3) is 4.99. The van der Waals surface area contributed by atoms with E-state index in [0.717, 1.165) is 5.56 Å². The van der Waals surface area contributed by atoms with E-state index in [2.05, 4.69) is 15.3 Å². The summed E-state index contributed by atoms with van der Waals surface area (Å²) < 4.78 is 0. The van der Waals surface area contributed by atoms with Crippen molar-refractivity contribution in [1.29, 1.82) is 0 Å². The molecule has 3 aromatic rings. The minimum Gasteiger partial charge on any atom is -0.340 e. The summed E-state index contributed by atoms with van der Waals surface area (Å²) >= 11 is 0. The van der Waals surface area contributed by atoms with Crippen molar-refractivity contribution in [2.45, 2.75) is 40.3 Å². The van der Waals surface area contributed by atoms with Crippen molar-refractivity contribution in [2.24, 2.45) is 5.92 Å². The topological polar surface area (TPSA) is 95.2 Å². The van der Waals surface area contributed by atoms with Crippen LogP contribution < -0.4 is 10.9 Å². The number of carbonyl (C=O) groups excluding carboxylic acids is 2. The molecule has 0 saturated carbocycles. The van der Waals surface area contributed by atoms with Gasteiger partial charge in [0.2, 0.25) is 5.91 Å². The van der Waals surface area contributed by atoms with Gasteiger partial charge in [-0.05, 0) is 43.5 Å². The van der Waals surface area contributed by atoms with Gasteiger partial charge in [0.05, 0.1) is 17.4 Å². The zero-order chi connectivity index (χ0) is 22.5. The molecule has 1 heterocycles. The molecule has 2 amide bonds. The lowest BCUT2D eigenvalue weighted by molar-refractivity contribution is -0.134. The highest BCUT2D eigenvalue weighted by atomic mass is 16.2. The van der Waals surface area contributed by atoms with Gasteiger partial charge in [-0.1, -0.05) is 44.2 Å². The number of hydrogen-bond donors (Lipinski definition) is 2. The summed E-state index contributed by atoms with van der Waals surface area (Å²) in [6.45, 7) is 8.08. The van der Waals surface area contributed by atoms with Gasteiger partial charge in [-0.3, -0.25) is 14.4 Å². The van der Waals surface area contributed by atoms with E-state index >= 15 is 0 Å². The maximum absolute atomic E-state index is 13.3. The molecule has 0 aliphatic rings. The van der Waals surface area contributed by atoms with Crippen LogP contribution in [0, 0.1) is 12.8 Å². The predicted octanol–water partition coefficient (Wildman–Crippen LogP) is 3.03. The number of fused-ring (bicyclic) bond motifs is 1. The Balaban J connectivity index is 1.82. The van der Waals surface area contributed by atoms with Crippen molar-refractivity contribution in [3.8, 4) is 0 Å². The highest BCUT2D eigenvalue weighted by Gasteiger charge is 2.29. The molecule has 1 aromatic heterocycles. The molecule has 0 aliphatic heterocycles. The van der Waals surface area contributed by atoms with Gasteiger partial charge in [0.15, 0.2) is 0 Å². The summed E-state index contributed by atoms with van der Waals surface area (Å²) in [4.78, 5) is 47.3. The molecule has 3 rings (SSSR count). The van der Waals surface area contributed by atoms with Gasteiger partial charge in [0, 0.05) is 12.1 Å². The molecule has 0 fully saturated rings. The Morgan fingerprint density at radius 1 is 1.10 bits per heavy atom. The SMILES string of the molecule is CCN(Cc1nc2ccccc2c(=O)[nH]1)C(=O)C(NC(=O)c1ccccc1C)C(C)C. The molecule has 0 bridgehead atoms. The lowest BCUT2D eigenvalue weighted by atomic mass is 10.0. The van der Waals surface area contributed by atoms with Crippen molar-refractivity contribution >= 4 is 22.7 Å². The standard InChI is InChI=1S/C24H28N4O3/c1-5-28(14-20-25-19-13-9-8-12-18(19)23(30)26-20)24(31)21(15(2)3)27-22(29)17-11-7-6-10-16(17)4/h6-13,15,21H,5,14H2,1-4H3,(H,27,29)(H,25,26,30). The molecule has 7 heteroatoms. The van der Waals surface area contributed by atoms with Gasteiger partial charge in [-0.25, -0.2) is 4.98 Å².